The summed E-state index contributed by atoms with van der Waals surface area (Å²) < 4.78 is 12.1. The minimum Gasteiger partial charge on any atom is -0.476 e. The number of ether oxygens (including phenoxy) is 2. The summed E-state index contributed by atoms with van der Waals surface area (Å²) >= 11 is 6.03. The summed E-state index contributed by atoms with van der Waals surface area (Å²) in [6.45, 7) is 0.150. The highest BCUT2D eigenvalue weighted by molar-refractivity contribution is 6.30. The third-order valence-corrected chi connectivity index (χ3v) is 3.81. The third-order valence-electron chi connectivity index (χ3n) is 3.57. The number of carboxylic acid groups (broad SMARTS) is 1. The maximum absolute atomic E-state index is 11.5. The van der Waals surface area contributed by atoms with Crippen molar-refractivity contribution < 1.29 is 19.4 Å². The SMILES string of the molecule is O=C(O)c1nnn(-c2ccc3c(c2)OCO3)c1-c1cccc(Cl)c1. The topological polar surface area (TPSA) is 86.5 Å². The molecule has 0 unspecified atom stereocenters. The highest BCUT2D eigenvalue weighted by Crippen LogP contribution is 2.35. The second-order valence-corrected chi connectivity index (χ2v) is 5.49. The molecule has 2 aromatic carbocycles. The van der Waals surface area contributed by atoms with Crippen LogP contribution in [-0.4, -0.2) is 32.9 Å². The molecule has 24 heavy (non-hydrogen) atoms. The predicted octanol–water partition coefficient (Wildman–Crippen LogP) is 3.01. The number of nitrogens with zero attached hydrogens (tertiary/aromatic N) is 3. The summed E-state index contributed by atoms with van der Waals surface area (Å²) in [7, 11) is 0. The average molecular weight is 344 g/mol. The molecule has 1 aliphatic heterocycles. The normalized spacial score (nSPS) is 12.4. The molecule has 3 aromatic rings. The van der Waals surface area contributed by atoms with Crippen LogP contribution >= 0.6 is 11.6 Å². The molecule has 0 saturated heterocycles. The molecule has 4 rings (SSSR count). The van der Waals surface area contributed by atoms with E-state index in [0.717, 1.165) is 0 Å². The zero-order valence-corrected chi connectivity index (χ0v) is 12.9. The molecule has 1 N–H and O–H groups in total. The predicted molar refractivity (Wildman–Crippen MR) is 84.9 cm³/mol. The quantitative estimate of drug-likeness (QED) is 0.786. The monoisotopic (exact) mass is 343 g/mol. The Labute approximate surface area is 141 Å². The first-order chi connectivity index (χ1) is 11.6. The molecule has 2 heterocycles. The Morgan fingerprint density at radius 1 is 1.17 bits per heavy atom. The van der Waals surface area contributed by atoms with Gasteiger partial charge in [0.25, 0.3) is 0 Å². The first-order valence-corrected chi connectivity index (χ1v) is 7.36. The Hall–Kier alpha value is -3.06. The Kier molecular flexibility index (Phi) is 3.35. The molecule has 0 atom stereocenters. The maximum Gasteiger partial charge on any atom is 0.358 e. The summed E-state index contributed by atoms with van der Waals surface area (Å²) in [6.07, 6.45) is 0. The summed E-state index contributed by atoms with van der Waals surface area (Å²) in [5.74, 6) is 0.0236. The van der Waals surface area contributed by atoms with Crippen LogP contribution in [0.3, 0.4) is 0 Å². The molecule has 0 aliphatic carbocycles. The fourth-order valence-corrected chi connectivity index (χ4v) is 2.71. The van der Waals surface area contributed by atoms with Crippen LogP contribution in [0.25, 0.3) is 16.9 Å². The lowest BCUT2D eigenvalue weighted by Gasteiger charge is -2.08. The smallest absolute Gasteiger partial charge is 0.358 e. The molecule has 8 heteroatoms. The second-order valence-electron chi connectivity index (χ2n) is 5.05. The van der Waals surface area contributed by atoms with E-state index >= 15 is 0 Å². The molecule has 0 saturated carbocycles. The van der Waals surface area contributed by atoms with Gasteiger partial charge in [-0.2, -0.15) is 0 Å². The number of hydrogen-bond donors (Lipinski definition) is 1. The van der Waals surface area contributed by atoms with Crippen molar-refractivity contribution in [3.05, 3.63) is 53.2 Å². The van der Waals surface area contributed by atoms with Crippen LogP contribution in [0.4, 0.5) is 0 Å². The fourth-order valence-electron chi connectivity index (χ4n) is 2.52. The van der Waals surface area contributed by atoms with E-state index < -0.39 is 5.97 Å². The first-order valence-electron chi connectivity index (χ1n) is 6.98. The number of carbonyl (C=O) groups is 1. The second kappa shape index (κ2) is 5.54. The number of hydrogen-bond acceptors (Lipinski definition) is 5. The standard InChI is InChI=1S/C16H10ClN3O4/c17-10-3-1-2-9(6-10)15-14(16(21)22)18-19-20(15)11-4-5-12-13(7-11)24-8-23-12/h1-7H,8H2,(H,21,22). The van der Waals surface area contributed by atoms with E-state index in [-0.39, 0.29) is 12.5 Å². The van der Waals surface area contributed by atoms with E-state index in [0.29, 0.717) is 33.5 Å². The molecular formula is C16H10ClN3O4. The molecule has 1 aromatic heterocycles. The van der Waals surface area contributed by atoms with Gasteiger partial charge in [0, 0.05) is 16.7 Å². The van der Waals surface area contributed by atoms with E-state index in [1.54, 1.807) is 42.5 Å². The van der Waals surface area contributed by atoms with Crippen molar-refractivity contribution >= 4 is 17.6 Å². The van der Waals surface area contributed by atoms with Gasteiger partial charge in [-0.25, -0.2) is 9.48 Å². The summed E-state index contributed by atoms with van der Waals surface area (Å²) in [5, 5.41) is 17.7. The molecule has 0 radical (unpaired) electrons. The third kappa shape index (κ3) is 2.35. The number of rotatable bonds is 3. The molecule has 120 valence electrons. The summed E-state index contributed by atoms with van der Waals surface area (Å²) in [5.41, 5.74) is 1.38. The fraction of sp³-hybridized carbons (Fsp3) is 0.0625. The number of aromatic nitrogens is 3. The Balaban J connectivity index is 1.92. The van der Waals surface area contributed by atoms with Crippen molar-refractivity contribution in [2.75, 3.05) is 6.79 Å². The Morgan fingerprint density at radius 3 is 2.79 bits per heavy atom. The zero-order chi connectivity index (χ0) is 16.7. The van der Waals surface area contributed by atoms with Crippen LogP contribution in [0.15, 0.2) is 42.5 Å². The van der Waals surface area contributed by atoms with Crippen LogP contribution in [0.2, 0.25) is 5.02 Å². The molecule has 0 amide bonds. The van der Waals surface area contributed by atoms with Crippen molar-refractivity contribution in [3.8, 4) is 28.4 Å². The lowest BCUT2D eigenvalue weighted by Crippen LogP contribution is -2.03. The van der Waals surface area contributed by atoms with E-state index in [4.69, 9.17) is 21.1 Å². The molecule has 0 bridgehead atoms. The van der Waals surface area contributed by atoms with Gasteiger partial charge in [0.1, 0.15) is 5.69 Å². The van der Waals surface area contributed by atoms with E-state index in [1.807, 2.05) is 0 Å². The maximum atomic E-state index is 11.5. The van der Waals surface area contributed by atoms with Crippen LogP contribution in [0, 0.1) is 0 Å². The van der Waals surface area contributed by atoms with Crippen molar-refractivity contribution in [3.63, 3.8) is 0 Å². The van der Waals surface area contributed by atoms with Gasteiger partial charge in [-0.1, -0.05) is 28.9 Å². The molecular weight excluding hydrogens is 334 g/mol. The van der Waals surface area contributed by atoms with Gasteiger partial charge >= 0.3 is 5.97 Å². The van der Waals surface area contributed by atoms with Gasteiger partial charge in [-0.15, -0.1) is 5.10 Å². The molecule has 1 aliphatic rings. The van der Waals surface area contributed by atoms with E-state index in [2.05, 4.69) is 10.3 Å². The lowest BCUT2D eigenvalue weighted by molar-refractivity contribution is 0.0691. The van der Waals surface area contributed by atoms with Crippen molar-refractivity contribution in [2.24, 2.45) is 0 Å². The van der Waals surface area contributed by atoms with Gasteiger partial charge < -0.3 is 14.6 Å². The zero-order valence-electron chi connectivity index (χ0n) is 12.1. The number of carboxylic acids is 1. The van der Waals surface area contributed by atoms with Crippen molar-refractivity contribution in [2.45, 2.75) is 0 Å². The summed E-state index contributed by atoms with van der Waals surface area (Å²) in [4.78, 5) is 11.5. The van der Waals surface area contributed by atoms with E-state index in [9.17, 15) is 9.90 Å². The molecule has 7 nitrogen and oxygen atoms in total. The number of halogens is 1. The minimum absolute atomic E-state index is 0.150. The van der Waals surface area contributed by atoms with Crippen molar-refractivity contribution in [1.82, 2.24) is 15.0 Å². The van der Waals surface area contributed by atoms with Crippen LogP contribution in [0.5, 0.6) is 11.5 Å². The van der Waals surface area contributed by atoms with Crippen molar-refractivity contribution in [1.29, 1.82) is 0 Å². The Morgan fingerprint density at radius 2 is 2.00 bits per heavy atom. The highest BCUT2D eigenvalue weighted by Gasteiger charge is 2.23. The van der Waals surface area contributed by atoms with Gasteiger partial charge in [0.15, 0.2) is 17.2 Å². The highest BCUT2D eigenvalue weighted by atomic mass is 35.5. The Bertz CT molecular complexity index is 954. The molecule has 0 spiro atoms. The van der Waals surface area contributed by atoms with Crippen LogP contribution < -0.4 is 9.47 Å². The van der Waals surface area contributed by atoms with E-state index in [1.165, 1.54) is 4.68 Å². The van der Waals surface area contributed by atoms with Gasteiger partial charge in [0.2, 0.25) is 6.79 Å². The largest absolute Gasteiger partial charge is 0.476 e. The average Bonchev–Trinajstić information content (AvgIpc) is 3.20. The van der Waals surface area contributed by atoms with Crippen LogP contribution in [0.1, 0.15) is 10.5 Å². The molecule has 0 fully saturated rings. The van der Waals surface area contributed by atoms with Crippen LogP contribution in [-0.2, 0) is 0 Å². The van der Waals surface area contributed by atoms with Gasteiger partial charge in [-0.3, -0.25) is 0 Å². The van der Waals surface area contributed by atoms with Gasteiger partial charge in [-0.05, 0) is 24.3 Å². The number of aromatic carboxylic acids is 1. The number of benzene rings is 2. The number of fused-ring (bicyclic) bond motifs is 1. The summed E-state index contributed by atoms with van der Waals surface area (Å²) in [6, 6.07) is 12.1. The minimum atomic E-state index is -1.17. The lowest BCUT2D eigenvalue weighted by atomic mass is 10.1. The van der Waals surface area contributed by atoms with Gasteiger partial charge in [0.05, 0.1) is 5.69 Å². The first kappa shape index (κ1) is 14.5.